The highest BCUT2D eigenvalue weighted by atomic mass is 19.4. The Morgan fingerprint density at radius 1 is 1.27 bits per heavy atom. The summed E-state index contributed by atoms with van der Waals surface area (Å²) in [5.41, 5.74) is -2.57. The number of ether oxygens (including phenoxy) is 1. The number of carboxylic acids is 1. The Morgan fingerprint density at radius 3 is 2.50 bits per heavy atom. The fourth-order valence-corrected chi connectivity index (χ4v) is 3.72. The van der Waals surface area contributed by atoms with E-state index in [1.807, 2.05) is 0 Å². The highest BCUT2D eigenvalue weighted by molar-refractivity contribution is 5.92. The van der Waals surface area contributed by atoms with Crippen molar-refractivity contribution in [1.29, 1.82) is 0 Å². The molecule has 1 aliphatic carbocycles. The average molecular weight is 371 g/mol. The number of halogens is 3. The molecule has 3 rings (SSSR count). The first-order valence-electron chi connectivity index (χ1n) is 8.34. The number of aliphatic carboxylic acids is 1. The van der Waals surface area contributed by atoms with E-state index in [4.69, 9.17) is 4.74 Å². The van der Waals surface area contributed by atoms with Crippen LogP contribution < -0.4 is 0 Å². The molecule has 2 fully saturated rings. The summed E-state index contributed by atoms with van der Waals surface area (Å²) in [6.07, 6.45) is -3.28. The van der Waals surface area contributed by atoms with E-state index in [1.54, 1.807) is 0 Å². The summed E-state index contributed by atoms with van der Waals surface area (Å²) in [6.45, 7) is 0.258. The van der Waals surface area contributed by atoms with Crippen LogP contribution in [0.4, 0.5) is 13.2 Å². The maximum Gasteiger partial charge on any atom is 0.416 e. The van der Waals surface area contributed by atoms with E-state index < -0.39 is 28.5 Å². The topological polar surface area (TPSA) is 66.8 Å². The zero-order valence-corrected chi connectivity index (χ0v) is 14.3. The number of methoxy groups -OCH3 is 1. The molecule has 1 heterocycles. The lowest BCUT2D eigenvalue weighted by molar-refractivity contribution is -0.152. The predicted octanol–water partition coefficient (Wildman–Crippen LogP) is 2.69. The van der Waals surface area contributed by atoms with Gasteiger partial charge >= 0.3 is 12.1 Å². The van der Waals surface area contributed by atoms with Crippen LogP contribution in [0, 0.1) is 5.41 Å². The van der Waals surface area contributed by atoms with Crippen LogP contribution >= 0.6 is 0 Å². The smallest absolute Gasteiger partial charge is 0.416 e. The maximum absolute atomic E-state index is 13.0. The van der Waals surface area contributed by atoms with Crippen molar-refractivity contribution in [3.63, 3.8) is 0 Å². The SMILES string of the molecule is COCC1(C(=O)O)CCN(C(=O)C2(c3cccc(C(F)(F)F)c3)CC2)C1. The van der Waals surface area contributed by atoms with Crippen molar-refractivity contribution < 1.29 is 32.6 Å². The Hall–Kier alpha value is -2.09. The fourth-order valence-electron chi connectivity index (χ4n) is 3.72. The monoisotopic (exact) mass is 371 g/mol. The van der Waals surface area contributed by atoms with E-state index in [0.717, 1.165) is 12.1 Å². The molecule has 1 amide bonds. The first kappa shape index (κ1) is 18.7. The lowest BCUT2D eigenvalue weighted by Crippen LogP contribution is -2.43. The second kappa shape index (κ2) is 6.26. The first-order valence-corrected chi connectivity index (χ1v) is 8.34. The van der Waals surface area contributed by atoms with Gasteiger partial charge in [-0.1, -0.05) is 18.2 Å². The number of hydrogen-bond acceptors (Lipinski definition) is 3. The van der Waals surface area contributed by atoms with Crippen LogP contribution in [0.3, 0.4) is 0 Å². The molecule has 1 saturated carbocycles. The Bertz CT molecular complexity index is 729. The molecule has 1 aliphatic heterocycles. The van der Waals surface area contributed by atoms with Gasteiger partial charge in [0.15, 0.2) is 0 Å². The molecule has 0 bridgehead atoms. The summed E-state index contributed by atoms with van der Waals surface area (Å²) in [7, 11) is 1.40. The molecule has 0 spiro atoms. The van der Waals surface area contributed by atoms with Crippen molar-refractivity contribution in [2.45, 2.75) is 30.9 Å². The second-order valence-electron chi connectivity index (χ2n) is 7.16. The van der Waals surface area contributed by atoms with Gasteiger partial charge in [-0.05, 0) is 30.9 Å². The second-order valence-corrected chi connectivity index (χ2v) is 7.16. The zero-order chi connectivity index (χ0) is 19.2. The summed E-state index contributed by atoms with van der Waals surface area (Å²) >= 11 is 0. The molecule has 5 nitrogen and oxygen atoms in total. The number of alkyl halides is 3. The Kier molecular flexibility index (Phi) is 4.50. The molecule has 26 heavy (non-hydrogen) atoms. The van der Waals surface area contributed by atoms with Crippen LogP contribution in [0.2, 0.25) is 0 Å². The summed E-state index contributed by atoms with van der Waals surface area (Å²) in [5.74, 6) is -1.32. The van der Waals surface area contributed by atoms with Crippen molar-refractivity contribution in [3.8, 4) is 0 Å². The third kappa shape index (κ3) is 3.06. The highest BCUT2D eigenvalue weighted by Gasteiger charge is 2.56. The van der Waals surface area contributed by atoms with Crippen LogP contribution in [0.25, 0.3) is 0 Å². The molecule has 0 aromatic heterocycles. The van der Waals surface area contributed by atoms with Gasteiger partial charge in [-0.25, -0.2) is 0 Å². The van der Waals surface area contributed by atoms with E-state index in [2.05, 4.69) is 0 Å². The minimum atomic E-state index is -4.47. The lowest BCUT2D eigenvalue weighted by atomic mass is 9.88. The average Bonchev–Trinajstić information content (AvgIpc) is 3.28. The molecule has 1 aromatic carbocycles. The number of nitrogens with zero attached hydrogens (tertiary/aromatic N) is 1. The number of hydrogen-bond donors (Lipinski definition) is 1. The number of likely N-dealkylation sites (tertiary alicyclic amines) is 1. The van der Waals surface area contributed by atoms with Gasteiger partial charge in [-0.2, -0.15) is 13.2 Å². The summed E-state index contributed by atoms with van der Waals surface area (Å²) in [5, 5.41) is 9.51. The van der Waals surface area contributed by atoms with Gasteiger partial charge in [-0.15, -0.1) is 0 Å². The van der Waals surface area contributed by atoms with Crippen LogP contribution in [0.15, 0.2) is 24.3 Å². The number of benzene rings is 1. The Labute approximate surface area is 148 Å². The van der Waals surface area contributed by atoms with Gasteiger partial charge in [0.2, 0.25) is 5.91 Å². The van der Waals surface area contributed by atoms with Crippen LogP contribution in [-0.4, -0.2) is 48.7 Å². The predicted molar refractivity (Wildman–Crippen MR) is 85.5 cm³/mol. The summed E-state index contributed by atoms with van der Waals surface area (Å²) in [6, 6.07) is 4.85. The Balaban J connectivity index is 1.84. The maximum atomic E-state index is 13.0. The van der Waals surface area contributed by atoms with Crippen molar-refractivity contribution in [1.82, 2.24) is 4.90 Å². The van der Waals surface area contributed by atoms with Gasteiger partial charge < -0.3 is 14.7 Å². The molecule has 1 saturated heterocycles. The van der Waals surface area contributed by atoms with Gasteiger partial charge in [0.05, 0.1) is 17.6 Å². The molecular formula is C18H20F3NO4. The van der Waals surface area contributed by atoms with Gasteiger partial charge in [0, 0.05) is 20.2 Å². The standard InChI is InChI=1S/C18H20F3NO4/c1-26-11-16(15(24)25)7-8-22(10-16)14(23)17(5-6-17)12-3-2-4-13(9-12)18(19,20)21/h2-4,9H,5-8,10-11H2,1H3,(H,24,25). The van der Waals surface area contributed by atoms with Crippen molar-refractivity contribution >= 4 is 11.9 Å². The summed E-state index contributed by atoms with van der Waals surface area (Å²) < 4.78 is 44.0. The number of rotatable bonds is 5. The Morgan fingerprint density at radius 2 is 1.96 bits per heavy atom. The van der Waals surface area contributed by atoms with E-state index >= 15 is 0 Å². The number of carboxylic acid groups (broad SMARTS) is 1. The molecule has 1 aromatic rings. The quantitative estimate of drug-likeness (QED) is 0.864. The van der Waals surface area contributed by atoms with Crippen LogP contribution in [-0.2, 0) is 25.9 Å². The van der Waals surface area contributed by atoms with Gasteiger partial charge in [0.25, 0.3) is 0 Å². The molecular weight excluding hydrogens is 351 g/mol. The third-order valence-electron chi connectivity index (χ3n) is 5.42. The van der Waals surface area contributed by atoms with E-state index in [0.29, 0.717) is 18.4 Å². The zero-order valence-electron chi connectivity index (χ0n) is 14.3. The molecule has 1 unspecified atom stereocenters. The largest absolute Gasteiger partial charge is 0.481 e. The minimum Gasteiger partial charge on any atom is -0.481 e. The molecule has 0 radical (unpaired) electrons. The third-order valence-corrected chi connectivity index (χ3v) is 5.42. The number of carbonyl (C=O) groups excluding carboxylic acids is 1. The molecule has 8 heteroatoms. The fraction of sp³-hybridized carbons (Fsp3) is 0.556. The lowest BCUT2D eigenvalue weighted by Gasteiger charge is -2.27. The normalized spacial score (nSPS) is 24.5. The summed E-state index contributed by atoms with van der Waals surface area (Å²) in [4.78, 5) is 26.1. The number of amides is 1. The molecule has 2 aliphatic rings. The minimum absolute atomic E-state index is 0.00964. The molecule has 142 valence electrons. The van der Waals surface area contributed by atoms with Gasteiger partial charge in [0.1, 0.15) is 5.41 Å². The molecule has 1 atom stereocenters. The van der Waals surface area contributed by atoms with E-state index in [9.17, 15) is 27.9 Å². The van der Waals surface area contributed by atoms with Crippen molar-refractivity contribution in [2.75, 3.05) is 26.8 Å². The number of carbonyl (C=O) groups is 2. The van der Waals surface area contributed by atoms with Crippen molar-refractivity contribution in [3.05, 3.63) is 35.4 Å². The highest BCUT2D eigenvalue weighted by Crippen LogP contribution is 2.51. The van der Waals surface area contributed by atoms with Crippen LogP contribution in [0.1, 0.15) is 30.4 Å². The first-order chi connectivity index (χ1) is 12.1. The molecule has 1 N–H and O–H groups in total. The van der Waals surface area contributed by atoms with Crippen molar-refractivity contribution in [2.24, 2.45) is 5.41 Å². The van der Waals surface area contributed by atoms with E-state index in [-0.39, 0.29) is 32.0 Å². The van der Waals surface area contributed by atoms with E-state index in [1.165, 1.54) is 24.1 Å². The van der Waals surface area contributed by atoms with Gasteiger partial charge in [-0.3, -0.25) is 9.59 Å². The van der Waals surface area contributed by atoms with Crippen LogP contribution in [0.5, 0.6) is 0 Å².